The number of rotatable bonds is 6. The van der Waals surface area contributed by atoms with Gasteiger partial charge >= 0.3 is 0 Å². The summed E-state index contributed by atoms with van der Waals surface area (Å²) in [5, 5.41) is 0. The number of ether oxygens (including phenoxy) is 1. The molecule has 0 spiro atoms. The molecule has 0 amide bonds. The monoisotopic (exact) mass is 388 g/mol. The van der Waals surface area contributed by atoms with E-state index in [0.29, 0.717) is 10.5 Å². The Hall–Kier alpha value is -1.89. The molecule has 0 radical (unpaired) electrons. The van der Waals surface area contributed by atoms with Crippen molar-refractivity contribution in [3.8, 4) is 5.75 Å². The molecular formula is C21H28N2O3S. The van der Waals surface area contributed by atoms with E-state index in [4.69, 9.17) is 4.74 Å². The lowest BCUT2D eigenvalue weighted by atomic mass is 10.1. The number of nitrogens with one attached hydrogen (secondary N) is 1. The van der Waals surface area contributed by atoms with E-state index >= 15 is 0 Å². The van der Waals surface area contributed by atoms with Gasteiger partial charge in [-0.3, -0.25) is 4.90 Å². The average molecular weight is 389 g/mol. The highest BCUT2D eigenvalue weighted by molar-refractivity contribution is 7.89. The van der Waals surface area contributed by atoms with Crippen LogP contribution < -0.4 is 9.46 Å². The molecule has 6 heteroatoms. The minimum atomic E-state index is -3.58. The zero-order valence-corrected chi connectivity index (χ0v) is 17.3. The second-order valence-corrected chi connectivity index (χ2v) is 8.95. The molecule has 1 N–H and O–H groups in total. The molecule has 2 aromatic rings. The summed E-state index contributed by atoms with van der Waals surface area (Å²) in [5.41, 5.74) is 3.57. The lowest BCUT2D eigenvalue weighted by Crippen LogP contribution is -2.37. The highest BCUT2D eigenvalue weighted by atomic mass is 32.2. The Morgan fingerprint density at radius 1 is 1.15 bits per heavy atom. The lowest BCUT2D eigenvalue weighted by Gasteiger charge is -2.20. The number of hydrogen-bond acceptors (Lipinski definition) is 4. The molecule has 2 aromatic carbocycles. The van der Waals surface area contributed by atoms with Gasteiger partial charge in [-0.2, -0.15) is 0 Å². The van der Waals surface area contributed by atoms with Gasteiger partial charge in [-0.05, 0) is 55.5 Å². The molecular weight excluding hydrogens is 360 g/mol. The quantitative estimate of drug-likeness (QED) is 0.826. The standard InChI is InChI=1S/C21H28N2O3S/c1-15-12-20(26-4)16(2)17(3)21(15)27(24,25)22-19-10-11-23(14-19)13-18-8-6-5-7-9-18/h5-9,12,19,22H,10-11,13-14H2,1-4H3. The highest BCUT2D eigenvalue weighted by Crippen LogP contribution is 2.31. The molecule has 1 atom stereocenters. The van der Waals surface area contributed by atoms with Crippen molar-refractivity contribution in [1.29, 1.82) is 0 Å². The molecule has 0 saturated carbocycles. The van der Waals surface area contributed by atoms with Gasteiger partial charge in [0.1, 0.15) is 5.75 Å². The smallest absolute Gasteiger partial charge is 0.241 e. The fraction of sp³-hybridized carbons (Fsp3) is 0.429. The first-order chi connectivity index (χ1) is 12.8. The predicted octanol–water partition coefficient (Wildman–Crippen LogP) is 3.17. The molecule has 1 heterocycles. The first-order valence-corrected chi connectivity index (χ1v) is 10.7. The number of methoxy groups -OCH3 is 1. The van der Waals surface area contributed by atoms with E-state index in [1.807, 2.05) is 39.0 Å². The van der Waals surface area contributed by atoms with Crippen LogP contribution in [0.25, 0.3) is 0 Å². The van der Waals surface area contributed by atoms with Crippen LogP contribution >= 0.6 is 0 Å². The first-order valence-electron chi connectivity index (χ1n) is 9.25. The zero-order chi connectivity index (χ0) is 19.6. The van der Waals surface area contributed by atoms with Crippen molar-refractivity contribution in [1.82, 2.24) is 9.62 Å². The Kier molecular flexibility index (Phi) is 5.89. The summed E-state index contributed by atoms with van der Waals surface area (Å²) < 4.78 is 34.4. The van der Waals surface area contributed by atoms with Crippen molar-refractivity contribution >= 4 is 10.0 Å². The van der Waals surface area contributed by atoms with Gasteiger partial charge in [0.25, 0.3) is 0 Å². The molecule has 1 fully saturated rings. The summed E-state index contributed by atoms with van der Waals surface area (Å²) >= 11 is 0. The molecule has 0 bridgehead atoms. The van der Waals surface area contributed by atoms with Crippen LogP contribution in [0.5, 0.6) is 5.75 Å². The third kappa shape index (κ3) is 4.34. The van der Waals surface area contributed by atoms with Gasteiger partial charge in [0.2, 0.25) is 10.0 Å². The van der Waals surface area contributed by atoms with Gasteiger partial charge in [-0.15, -0.1) is 0 Å². The SMILES string of the molecule is COc1cc(C)c(S(=O)(=O)NC2CCN(Cc3ccccc3)C2)c(C)c1C. The highest BCUT2D eigenvalue weighted by Gasteiger charge is 2.29. The van der Waals surface area contributed by atoms with Crippen LogP contribution in [0, 0.1) is 20.8 Å². The summed E-state index contributed by atoms with van der Waals surface area (Å²) in [6.07, 6.45) is 0.819. The van der Waals surface area contributed by atoms with Gasteiger partial charge in [0, 0.05) is 25.7 Å². The predicted molar refractivity (Wildman–Crippen MR) is 108 cm³/mol. The fourth-order valence-corrected chi connectivity index (χ4v) is 5.63. The van der Waals surface area contributed by atoms with Crippen LogP contribution in [-0.4, -0.2) is 39.6 Å². The van der Waals surface area contributed by atoms with E-state index in [1.54, 1.807) is 13.2 Å². The van der Waals surface area contributed by atoms with E-state index in [0.717, 1.165) is 42.9 Å². The second kappa shape index (κ2) is 8.00. The van der Waals surface area contributed by atoms with E-state index in [9.17, 15) is 8.42 Å². The first kappa shape index (κ1) is 19.9. The third-order valence-corrected chi connectivity index (χ3v) is 7.12. The van der Waals surface area contributed by atoms with E-state index < -0.39 is 10.0 Å². The maximum Gasteiger partial charge on any atom is 0.241 e. The van der Waals surface area contributed by atoms with Crippen molar-refractivity contribution < 1.29 is 13.2 Å². The zero-order valence-electron chi connectivity index (χ0n) is 16.5. The largest absolute Gasteiger partial charge is 0.496 e. The van der Waals surface area contributed by atoms with E-state index in [2.05, 4.69) is 21.8 Å². The number of aryl methyl sites for hydroxylation is 1. The van der Waals surface area contributed by atoms with Crippen molar-refractivity contribution in [2.45, 2.75) is 44.7 Å². The third-order valence-electron chi connectivity index (χ3n) is 5.31. The fourth-order valence-electron chi connectivity index (χ4n) is 3.84. The number of likely N-dealkylation sites (tertiary alicyclic amines) is 1. The van der Waals surface area contributed by atoms with Crippen LogP contribution in [-0.2, 0) is 16.6 Å². The molecule has 1 aliphatic rings. The van der Waals surface area contributed by atoms with Crippen molar-refractivity contribution in [2.24, 2.45) is 0 Å². The van der Waals surface area contributed by atoms with Crippen molar-refractivity contribution in [3.05, 3.63) is 58.7 Å². The normalized spacial score (nSPS) is 18.0. The number of benzene rings is 2. The van der Waals surface area contributed by atoms with Crippen LogP contribution in [0.1, 0.15) is 28.7 Å². The molecule has 146 valence electrons. The Morgan fingerprint density at radius 3 is 2.52 bits per heavy atom. The minimum Gasteiger partial charge on any atom is -0.496 e. The number of nitrogens with zero attached hydrogens (tertiary/aromatic N) is 1. The Bertz CT molecular complexity index is 911. The van der Waals surface area contributed by atoms with Gasteiger partial charge in [0.05, 0.1) is 12.0 Å². The number of hydrogen-bond donors (Lipinski definition) is 1. The molecule has 3 rings (SSSR count). The second-order valence-electron chi connectivity index (χ2n) is 7.30. The average Bonchev–Trinajstić information content (AvgIpc) is 3.04. The Labute approximate surface area is 162 Å². The Morgan fingerprint density at radius 2 is 1.85 bits per heavy atom. The van der Waals surface area contributed by atoms with Gasteiger partial charge in [-0.25, -0.2) is 13.1 Å². The van der Waals surface area contributed by atoms with E-state index in [1.165, 1.54) is 5.56 Å². The van der Waals surface area contributed by atoms with Gasteiger partial charge in [-0.1, -0.05) is 30.3 Å². The maximum atomic E-state index is 13.1. The molecule has 5 nitrogen and oxygen atoms in total. The summed E-state index contributed by atoms with van der Waals surface area (Å²) in [7, 11) is -1.98. The molecule has 0 aromatic heterocycles. The van der Waals surface area contributed by atoms with Gasteiger partial charge < -0.3 is 4.74 Å². The molecule has 27 heavy (non-hydrogen) atoms. The van der Waals surface area contributed by atoms with Crippen molar-refractivity contribution in [2.75, 3.05) is 20.2 Å². The summed E-state index contributed by atoms with van der Waals surface area (Å²) in [5.74, 6) is 0.721. The molecule has 1 saturated heterocycles. The Balaban J connectivity index is 1.73. The van der Waals surface area contributed by atoms with E-state index in [-0.39, 0.29) is 6.04 Å². The summed E-state index contributed by atoms with van der Waals surface area (Å²) in [6.45, 7) is 8.02. The van der Waals surface area contributed by atoms with Crippen molar-refractivity contribution in [3.63, 3.8) is 0 Å². The maximum absolute atomic E-state index is 13.1. The lowest BCUT2D eigenvalue weighted by molar-refractivity contribution is 0.324. The number of sulfonamides is 1. The van der Waals surface area contributed by atoms with Crippen LogP contribution in [0.2, 0.25) is 0 Å². The molecule has 0 aliphatic carbocycles. The molecule has 1 unspecified atom stereocenters. The topological polar surface area (TPSA) is 58.6 Å². The van der Waals surface area contributed by atoms with Crippen LogP contribution in [0.15, 0.2) is 41.3 Å². The van der Waals surface area contributed by atoms with Crippen LogP contribution in [0.3, 0.4) is 0 Å². The molecule has 1 aliphatic heterocycles. The summed E-state index contributed by atoms with van der Waals surface area (Å²) in [4.78, 5) is 2.67. The van der Waals surface area contributed by atoms with Gasteiger partial charge in [0.15, 0.2) is 0 Å². The van der Waals surface area contributed by atoms with Crippen LogP contribution in [0.4, 0.5) is 0 Å². The summed E-state index contributed by atoms with van der Waals surface area (Å²) in [6, 6.07) is 12.0. The minimum absolute atomic E-state index is 0.0695.